The first-order chi connectivity index (χ1) is 7.95. The van der Waals surface area contributed by atoms with Crippen molar-refractivity contribution in [2.24, 2.45) is 11.1 Å². The van der Waals surface area contributed by atoms with Crippen molar-refractivity contribution in [2.45, 2.75) is 58.5 Å². The largest absolute Gasteiger partial charge is 0.329 e. The maximum Gasteiger partial charge on any atom is 0.0472 e. The van der Waals surface area contributed by atoms with Crippen molar-refractivity contribution >= 4 is 11.8 Å². The van der Waals surface area contributed by atoms with E-state index < -0.39 is 0 Å². The average Bonchev–Trinajstić information content (AvgIpc) is 2.30. The van der Waals surface area contributed by atoms with E-state index in [2.05, 4.69) is 51.4 Å². The molecule has 0 amide bonds. The van der Waals surface area contributed by atoms with E-state index in [-0.39, 0.29) is 5.54 Å². The van der Waals surface area contributed by atoms with Gasteiger partial charge in [0.05, 0.1) is 0 Å². The zero-order valence-corrected chi connectivity index (χ0v) is 13.1. The van der Waals surface area contributed by atoms with E-state index in [0.717, 1.165) is 6.54 Å². The second-order valence-corrected chi connectivity index (χ2v) is 7.11. The fraction of sp³-hybridized carbons (Fsp3) is 1.00. The van der Waals surface area contributed by atoms with E-state index in [1.54, 1.807) is 0 Å². The van der Waals surface area contributed by atoms with Crippen molar-refractivity contribution in [3.63, 3.8) is 0 Å². The summed E-state index contributed by atoms with van der Waals surface area (Å²) in [4.78, 5) is 2.60. The van der Waals surface area contributed by atoms with Crippen LogP contribution in [0.5, 0.6) is 0 Å². The number of thioether (sulfide) groups is 1. The minimum absolute atomic E-state index is 0.173. The molecule has 0 aromatic rings. The third-order valence-corrected chi connectivity index (χ3v) is 6.15. The van der Waals surface area contributed by atoms with E-state index >= 15 is 0 Å². The lowest BCUT2D eigenvalue weighted by atomic mass is 9.69. The number of nitrogens with two attached hydrogens (primary N) is 1. The zero-order chi connectivity index (χ0) is 13.1. The highest BCUT2D eigenvalue weighted by Gasteiger charge is 2.49. The van der Waals surface area contributed by atoms with Gasteiger partial charge in [0.2, 0.25) is 0 Å². The van der Waals surface area contributed by atoms with Crippen LogP contribution in [0.2, 0.25) is 0 Å². The highest BCUT2D eigenvalue weighted by Crippen LogP contribution is 2.46. The van der Waals surface area contributed by atoms with Crippen molar-refractivity contribution in [1.82, 2.24) is 4.90 Å². The smallest absolute Gasteiger partial charge is 0.0472 e. The first kappa shape index (κ1) is 15.3. The van der Waals surface area contributed by atoms with Crippen molar-refractivity contribution in [3.05, 3.63) is 0 Å². The lowest BCUT2D eigenvalue weighted by molar-refractivity contribution is -0.0108. The molecule has 1 fully saturated rings. The number of hydrogen-bond acceptors (Lipinski definition) is 3. The number of rotatable bonds is 5. The molecule has 0 aromatic heterocycles. The fourth-order valence-electron chi connectivity index (χ4n) is 3.24. The topological polar surface area (TPSA) is 29.3 Å². The Hall–Kier alpha value is 0.270. The molecular formula is C14H30N2S. The van der Waals surface area contributed by atoms with Crippen LogP contribution in [0.4, 0.5) is 0 Å². The van der Waals surface area contributed by atoms with Crippen molar-refractivity contribution in [3.8, 4) is 0 Å². The van der Waals surface area contributed by atoms with Gasteiger partial charge < -0.3 is 5.73 Å². The Morgan fingerprint density at radius 3 is 2.29 bits per heavy atom. The molecule has 1 atom stereocenters. The first-order valence-electron chi connectivity index (χ1n) is 6.96. The van der Waals surface area contributed by atoms with Crippen molar-refractivity contribution in [1.29, 1.82) is 0 Å². The van der Waals surface area contributed by atoms with Crippen LogP contribution < -0.4 is 5.73 Å². The Labute approximate surface area is 112 Å². The van der Waals surface area contributed by atoms with Gasteiger partial charge in [0.15, 0.2) is 0 Å². The van der Waals surface area contributed by atoms with Crippen molar-refractivity contribution in [2.75, 3.05) is 25.1 Å². The molecule has 1 aliphatic rings. The molecule has 2 nitrogen and oxygen atoms in total. The summed E-state index contributed by atoms with van der Waals surface area (Å²) in [5.41, 5.74) is 6.70. The third kappa shape index (κ3) is 2.66. The monoisotopic (exact) mass is 258 g/mol. The highest BCUT2D eigenvalue weighted by molar-refractivity contribution is 7.99. The van der Waals surface area contributed by atoms with Crippen LogP contribution in [0.3, 0.4) is 0 Å². The summed E-state index contributed by atoms with van der Waals surface area (Å²) in [5.74, 6) is 2.47. The summed E-state index contributed by atoms with van der Waals surface area (Å²) in [6.45, 7) is 10.2. The predicted molar refractivity (Wildman–Crippen MR) is 79.6 cm³/mol. The molecule has 3 heteroatoms. The first-order valence-corrected chi connectivity index (χ1v) is 8.11. The second-order valence-electron chi connectivity index (χ2n) is 6.00. The molecular weight excluding hydrogens is 228 g/mol. The molecule has 1 aliphatic heterocycles. The molecule has 0 aromatic carbocycles. The molecule has 0 aliphatic carbocycles. The number of hydrogen-bond donors (Lipinski definition) is 1. The predicted octanol–water partition coefficient (Wildman–Crippen LogP) is 2.97. The fourth-order valence-corrected chi connectivity index (χ4v) is 5.09. The van der Waals surface area contributed by atoms with Gasteiger partial charge in [0, 0.05) is 23.9 Å². The molecule has 102 valence electrons. The summed E-state index contributed by atoms with van der Waals surface area (Å²) < 4.78 is 0. The summed E-state index contributed by atoms with van der Waals surface area (Å²) in [6, 6.07) is 0.663. The van der Waals surface area contributed by atoms with Gasteiger partial charge in [-0.05, 0) is 37.5 Å². The summed E-state index contributed by atoms with van der Waals surface area (Å²) in [5, 5.41) is 0. The molecule has 0 spiro atoms. The van der Waals surface area contributed by atoms with Crippen LogP contribution >= 0.6 is 11.8 Å². The molecule has 0 radical (unpaired) electrons. The van der Waals surface area contributed by atoms with Crippen LogP contribution in [0.15, 0.2) is 0 Å². The molecule has 2 N–H and O–H groups in total. The average molecular weight is 258 g/mol. The van der Waals surface area contributed by atoms with E-state index in [9.17, 15) is 0 Å². The Morgan fingerprint density at radius 1 is 1.29 bits per heavy atom. The molecule has 17 heavy (non-hydrogen) atoms. The lowest BCUT2D eigenvalue weighted by Gasteiger charge is -2.56. The van der Waals surface area contributed by atoms with Crippen LogP contribution in [0, 0.1) is 5.41 Å². The number of likely N-dealkylation sites (N-methyl/N-ethyl adjacent to an activating group) is 1. The SMILES string of the molecule is CCC(CC)N(C)C1(CN)CSCCC1(C)C. The molecule has 1 saturated heterocycles. The normalized spacial score (nSPS) is 28.9. The molecule has 1 rings (SSSR count). The van der Waals surface area contributed by atoms with E-state index in [1.165, 1.54) is 30.8 Å². The van der Waals surface area contributed by atoms with Gasteiger partial charge in [-0.15, -0.1) is 0 Å². The van der Waals surface area contributed by atoms with Gasteiger partial charge in [0.25, 0.3) is 0 Å². The van der Waals surface area contributed by atoms with Gasteiger partial charge >= 0.3 is 0 Å². The van der Waals surface area contributed by atoms with Gasteiger partial charge in [-0.1, -0.05) is 27.7 Å². The Kier molecular flexibility index (Phi) is 5.36. The maximum atomic E-state index is 6.21. The maximum absolute atomic E-state index is 6.21. The van der Waals surface area contributed by atoms with E-state index in [4.69, 9.17) is 5.73 Å². The lowest BCUT2D eigenvalue weighted by Crippen LogP contribution is -2.66. The van der Waals surface area contributed by atoms with E-state index in [0.29, 0.717) is 11.5 Å². The van der Waals surface area contributed by atoms with Crippen LogP contribution in [0.1, 0.15) is 47.0 Å². The van der Waals surface area contributed by atoms with Gasteiger partial charge in [0.1, 0.15) is 0 Å². The standard InChI is InChI=1S/C14H30N2S/c1-6-12(7-2)16(5)14(10-15)11-17-9-8-13(14,3)4/h12H,6-11,15H2,1-5H3. The Morgan fingerprint density at radius 2 is 1.88 bits per heavy atom. The van der Waals surface area contributed by atoms with Crippen LogP contribution in [-0.4, -0.2) is 41.6 Å². The van der Waals surface area contributed by atoms with Crippen LogP contribution in [0.25, 0.3) is 0 Å². The molecule has 1 heterocycles. The second kappa shape index (κ2) is 5.94. The molecule has 0 saturated carbocycles. The highest BCUT2D eigenvalue weighted by atomic mass is 32.2. The van der Waals surface area contributed by atoms with E-state index in [1.807, 2.05) is 0 Å². The molecule has 1 unspecified atom stereocenters. The minimum atomic E-state index is 0.173. The Balaban J connectivity index is 3.00. The summed E-state index contributed by atoms with van der Waals surface area (Å²) in [6.07, 6.45) is 3.71. The summed E-state index contributed by atoms with van der Waals surface area (Å²) in [7, 11) is 2.29. The van der Waals surface area contributed by atoms with Crippen LogP contribution in [-0.2, 0) is 0 Å². The Bertz CT molecular complexity index is 238. The minimum Gasteiger partial charge on any atom is -0.329 e. The quantitative estimate of drug-likeness (QED) is 0.822. The van der Waals surface area contributed by atoms with Gasteiger partial charge in [-0.2, -0.15) is 11.8 Å². The molecule has 0 bridgehead atoms. The third-order valence-electron chi connectivity index (χ3n) is 4.98. The van der Waals surface area contributed by atoms with Gasteiger partial charge in [-0.25, -0.2) is 0 Å². The van der Waals surface area contributed by atoms with Gasteiger partial charge in [-0.3, -0.25) is 4.90 Å². The number of nitrogens with zero attached hydrogens (tertiary/aromatic N) is 1. The zero-order valence-electron chi connectivity index (χ0n) is 12.3. The van der Waals surface area contributed by atoms with Crippen molar-refractivity contribution < 1.29 is 0 Å². The summed E-state index contributed by atoms with van der Waals surface area (Å²) >= 11 is 2.07.